The zero-order valence-corrected chi connectivity index (χ0v) is 13.0. The first-order valence-electron chi connectivity index (χ1n) is 6.41. The summed E-state index contributed by atoms with van der Waals surface area (Å²) in [6, 6.07) is 6.01. The largest absolute Gasteiger partial charge is 0.573 e. The van der Waals surface area contributed by atoms with Crippen LogP contribution in [-0.2, 0) is 10.1 Å². The normalized spacial score (nSPS) is 12.0. The molecule has 130 valence electrons. The molecule has 0 bridgehead atoms. The van der Waals surface area contributed by atoms with E-state index in [2.05, 4.69) is 13.9 Å². The number of nitrogens with zero attached hydrogens (tertiary/aromatic N) is 1. The van der Waals surface area contributed by atoms with Gasteiger partial charge in [0.1, 0.15) is 5.75 Å². The maximum atomic E-state index is 12.3. The van der Waals surface area contributed by atoms with Crippen LogP contribution in [0.2, 0.25) is 0 Å². The van der Waals surface area contributed by atoms with Crippen molar-refractivity contribution in [2.24, 2.45) is 0 Å². The summed E-state index contributed by atoms with van der Waals surface area (Å²) < 4.78 is 79.2. The molecule has 0 aliphatic rings. The lowest BCUT2D eigenvalue weighted by molar-refractivity contribution is -0.274. The Morgan fingerprint density at radius 1 is 1.08 bits per heavy atom. The first-order valence-corrected chi connectivity index (χ1v) is 7.99. The second kappa shape index (κ2) is 6.63. The molecule has 0 spiro atoms. The van der Waals surface area contributed by atoms with Crippen LogP contribution < -0.4 is 8.92 Å². The number of aromatic nitrogens is 1. The number of ether oxygens (including phenoxy) is 1. The fourth-order valence-corrected chi connectivity index (χ4v) is 2.24. The highest BCUT2D eigenvalue weighted by molar-refractivity contribution is 7.86. The molecule has 0 amide bonds. The van der Waals surface area contributed by atoms with E-state index in [-0.39, 0.29) is 5.88 Å². The Bertz CT molecular complexity index is 820. The summed E-state index contributed by atoms with van der Waals surface area (Å²) in [4.78, 5) is 3.82. The van der Waals surface area contributed by atoms with Crippen LogP contribution in [0.5, 0.6) is 11.6 Å². The van der Waals surface area contributed by atoms with Crippen LogP contribution in [-0.4, -0.2) is 25.8 Å². The molecule has 1 heterocycles. The van der Waals surface area contributed by atoms with E-state index in [1.54, 1.807) is 13.0 Å². The first kappa shape index (κ1) is 18.0. The third-order valence-electron chi connectivity index (χ3n) is 2.70. The smallest absolute Gasteiger partial charge is 0.406 e. The first-order chi connectivity index (χ1) is 11.1. The van der Waals surface area contributed by atoms with Crippen molar-refractivity contribution in [1.82, 2.24) is 4.98 Å². The number of hydrogen-bond donors (Lipinski definition) is 0. The molecule has 24 heavy (non-hydrogen) atoms. The Morgan fingerprint density at radius 3 is 2.25 bits per heavy atom. The van der Waals surface area contributed by atoms with Gasteiger partial charge in [-0.1, -0.05) is 12.1 Å². The molecule has 0 saturated heterocycles. The van der Waals surface area contributed by atoms with Crippen LogP contribution in [0.25, 0.3) is 11.1 Å². The van der Waals surface area contributed by atoms with Gasteiger partial charge in [-0.05, 0) is 36.2 Å². The zero-order chi connectivity index (χ0) is 18.0. The van der Waals surface area contributed by atoms with E-state index < -0.39 is 28.2 Å². The SMILES string of the molecule is Cc1cc(-c2ccc(OC(F)(F)F)cc2)cc(OS(=O)(=O)CF)n1. The molecule has 1 aromatic heterocycles. The molecular weight excluding hydrogens is 354 g/mol. The Labute approximate surface area is 135 Å². The molecule has 0 radical (unpaired) electrons. The van der Waals surface area contributed by atoms with Crippen molar-refractivity contribution < 1.29 is 34.9 Å². The van der Waals surface area contributed by atoms with Crippen molar-refractivity contribution >= 4 is 10.1 Å². The van der Waals surface area contributed by atoms with Gasteiger partial charge in [0.2, 0.25) is 11.9 Å². The zero-order valence-electron chi connectivity index (χ0n) is 12.2. The number of alkyl halides is 4. The summed E-state index contributed by atoms with van der Waals surface area (Å²) in [7, 11) is -4.39. The quantitative estimate of drug-likeness (QED) is 0.598. The number of aryl methyl sites for hydroxylation is 1. The lowest BCUT2D eigenvalue weighted by atomic mass is 10.1. The van der Waals surface area contributed by atoms with Crippen molar-refractivity contribution in [3.05, 3.63) is 42.1 Å². The molecule has 0 N–H and O–H groups in total. The van der Waals surface area contributed by atoms with Gasteiger partial charge in [-0.15, -0.1) is 13.2 Å². The number of pyridine rings is 1. The van der Waals surface area contributed by atoms with Crippen molar-refractivity contribution in [2.75, 3.05) is 6.01 Å². The topological polar surface area (TPSA) is 65.5 Å². The van der Waals surface area contributed by atoms with Crippen LogP contribution in [0, 0.1) is 6.92 Å². The lowest BCUT2D eigenvalue weighted by Crippen LogP contribution is -2.16. The summed E-state index contributed by atoms with van der Waals surface area (Å²) in [5.41, 5.74) is 1.29. The standard InChI is InChI=1S/C14H11F4NO4S/c1-9-6-11(7-13(19-9)23-24(20,21)8-15)10-2-4-12(5-3-10)22-14(16,17)18/h2-7H,8H2,1H3. The second-order valence-electron chi connectivity index (χ2n) is 4.66. The summed E-state index contributed by atoms with van der Waals surface area (Å²) in [6.07, 6.45) is -4.80. The fourth-order valence-electron chi connectivity index (χ4n) is 1.85. The van der Waals surface area contributed by atoms with Crippen molar-refractivity contribution in [2.45, 2.75) is 13.3 Å². The highest BCUT2D eigenvalue weighted by atomic mass is 32.2. The average molecular weight is 365 g/mol. The minimum Gasteiger partial charge on any atom is -0.406 e. The predicted octanol–water partition coefficient (Wildman–Crippen LogP) is 3.59. The third kappa shape index (κ3) is 5.08. The van der Waals surface area contributed by atoms with E-state index in [4.69, 9.17) is 0 Å². The number of hydrogen-bond acceptors (Lipinski definition) is 5. The molecule has 5 nitrogen and oxygen atoms in total. The molecule has 0 saturated carbocycles. The van der Waals surface area contributed by atoms with Gasteiger partial charge < -0.3 is 8.92 Å². The van der Waals surface area contributed by atoms with Gasteiger partial charge in [0.15, 0.2) is 0 Å². The van der Waals surface area contributed by atoms with E-state index in [9.17, 15) is 26.0 Å². The van der Waals surface area contributed by atoms with Gasteiger partial charge in [-0.25, -0.2) is 9.37 Å². The van der Waals surface area contributed by atoms with E-state index in [0.29, 0.717) is 16.8 Å². The summed E-state index contributed by atoms with van der Waals surface area (Å²) >= 11 is 0. The highest BCUT2D eigenvalue weighted by Crippen LogP contribution is 2.28. The van der Waals surface area contributed by atoms with Crippen LogP contribution >= 0.6 is 0 Å². The molecule has 0 aliphatic heterocycles. The highest BCUT2D eigenvalue weighted by Gasteiger charge is 2.30. The molecule has 1 aromatic carbocycles. The van der Waals surface area contributed by atoms with Crippen LogP contribution in [0.4, 0.5) is 17.6 Å². The Hall–Kier alpha value is -2.36. The van der Waals surface area contributed by atoms with Crippen LogP contribution in [0.15, 0.2) is 36.4 Å². The molecule has 0 aliphatic carbocycles. The molecular formula is C14H11F4NO4S. The maximum Gasteiger partial charge on any atom is 0.573 e. The fraction of sp³-hybridized carbons (Fsp3) is 0.214. The van der Waals surface area contributed by atoms with Crippen molar-refractivity contribution in [1.29, 1.82) is 0 Å². The monoisotopic (exact) mass is 365 g/mol. The number of halogens is 4. The molecule has 2 rings (SSSR count). The predicted molar refractivity (Wildman–Crippen MR) is 76.6 cm³/mol. The Balaban J connectivity index is 2.30. The van der Waals surface area contributed by atoms with E-state index >= 15 is 0 Å². The van der Waals surface area contributed by atoms with Gasteiger partial charge in [0.05, 0.1) is 0 Å². The maximum absolute atomic E-state index is 12.3. The summed E-state index contributed by atoms with van der Waals surface area (Å²) in [5, 5.41) is 0. The molecule has 0 atom stereocenters. The van der Waals surface area contributed by atoms with E-state index in [1.165, 1.54) is 18.2 Å². The molecule has 0 fully saturated rings. The van der Waals surface area contributed by atoms with Crippen molar-refractivity contribution in [3.8, 4) is 22.8 Å². The van der Waals surface area contributed by atoms with E-state index in [0.717, 1.165) is 12.1 Å². The van der Waals surface area contributed by atoms with E-state index in [1.807, 2.05) is 0 Å². The molecule has 2 aromatic rings. The van der Waals surface area contributed by atoms with Gasteiger partial charge in [0.25, 0.3) is 0 Å². The van der Waals surface area contributed by atoms with Crippen LogP contribution in [0.3, 0.4) is 0 Å². The number of benzene rings is 1. The Kier molecular flexibility index (Phi) is 4.97. The lowest BCUT2D eigenvalue weighted by Gasteiger charge is -2.10. The van der Waals surface area contributed by atoms with Gasteiger partial charge >= 0.3 is 16.5 Å². The Morgan fingerprint density at radius 2 is 1.71 bits per heavy atom. The average Bonchev–Trinajstić information content (AvgIpc) is 2.45. The van der Waals surface area contributed by atoms with Gasteiger partial charge in [-0.2, -0.15) is 8.42 Å². The second-order valence-corrected chi connectivity index (χ2v) is 6.16. The third-order valence-corrected chi connectivity index (χ3v) is 3.39. The summed E-state index contributed by atoms with van der Waals surface area (Å²) in [6.45, 7) is 1.56. The van der Waals surface area contributed by atoms with Crippen molar-refractivity contribution in [3.63, 3.8) is 0 Å². The van der Waals surface area contributed by atoms with Gasteiger partial charge in [-0.3, -0.25) is 0 Å². The number of rotatable bonds is 5. The minimum atomic E-state index is -4.80. The summed E-state index contributed by atoms with van der Waals surface area (Å²) in [5.74, 6) is -0.730. The van der Waals surface area contributed by atoms with Gasteiger partial charge in [0, 0.05) is 11.8 Å². The molecule has 0 unspecified atom stereocenters. The molecule has 10 heteroatoms. The minimum absolute atomic E-state index is 0.335. The van der Waals surface area contributed by atoms with Crippen LogP contribution in [0.1, 0.15) is 5.69 Å².